The molecule has 1 aromatic carbocycles. The molecule has 0 aliphatic carbocycles. The number of rotatable bonds is 12. The molecule has 9 heteroatoms. The molecule has 3 nitrogen and oxygen atoms in total. The Morgan fingerprint density at radius 2 is 1.29 bits per heavy atom. The van der Waals surface area contributed by atoms with Crippen LogP contribution in [0.3, 0.4) is 0 Å². The van der Waals surface area contributed by atoms with Crippen molar-refractivity contribution < 1.29 is 0 Å². The Labute approximate surface area is 229 Å². The van der Waals surface area contributed by atoms with Crippen LogP contribution < -0.4 is 5.73 Å². The number of nitrogens with two attached hydrogens (primary N) is 1. The number of amidine groups is 1. The lowest BCUT2D eigenvalue weighted by atomic mass is 10.2. The number of nitrogens with zero attached hydrogens (tertiary/aromatic N) is 1. The van der Waals surface area contributed by atoms with Crippen LogP contribution in [-0.4, -0.2) is 21.9 Å². The van der Waals surface area contributed by atoms with Crippen LogP contribution in [0.2, 0.25) is 0 Å². The highest BCUT2D eigenvalue weighted by molar-refractivity contribution is 8.42. The van der Waals surface area contributed by atoms with Crippen LogP contribution in [0.25, 0.3) is 5.69 Å². The summed E-state index contributed by atoms with van der Waals surface area (Å²) in [6.07, 6.45) is 12.3. The highest BCUT2D eigenvalue weighted by atomic mass is 32.3. The lowest BCUT2D eigenvalue weighted by Crippen LogP contribution is -2.10. The van der Waals surface area contributed by atoms with Gasteiger partial charge in [0.05, 0.1) is 16.9 Å². The van der Waals surface area contributed by atoms with E-state index in [4.69, 9.17) is 11.1 Å². The smallest absolute Gasteiger partial charge is 0.122 e. The van der Waals surface area contributed by atoms with E-state index in [0.717, 1.165) is 11.3 Å². The molecular weight excluding hydrogens is 535 g/mol. The lowest BCUT2D eigenvalue weighted by Gasteiger charge is -2.06. The minimum Gasteiger partial charge on any atom is -0.384 e. The van der Waals surface area contributed by atoms with Crippen molar-refractivity contribution >= 4 is 76.4 Å². The monoisotopic (exact) mass is 565 g/mol. The SMILES string of the molecule is CCCCCSC1=C(SCCCCC)SC(=C2Sc3cn(-c4ccc(C(=N)N)cc4)cc3S2)S1. The fourth-order valence-electron chi connectivity index (χ4n) is 3.40. The average molecular weight is 566 g/mol. The van der Waals surface area contributed by atoms with E-state index in [1.807, 2.05) is 71.3 Å². The molecule has 2 aliphatic rings. The molecule has 4 rings (SSSR count). The van der Waals surface area contributed by atoms with Gasteiger partial charge in [0.2, 0.25) is 0 Å². The molecule has 0 bridgehead atoms. The van der Waals surface area contributed by atoms with Crippen molar-refractivity contribution in [3.8, 4) is 5.69 Å². The van der Waals surface area contributed by atoms with Crippen molar-refractivity contribution in [3.63, 3.8) is 0 Å². The minimum atomic E-state index is 0.106. The summed E-state index contributed by atoms with van der Waals surface area (Å²) >= 11 is 11.9. The van der Waals surface area contributed by atoms with E-state index >= 15 is 0 Å². The van der Waals surface area contributed by atoms with Gasteiger partial charge in [-0.2, -0.15) is 0 Å². The summed E-state index contributed by atoms with van der Waals surface area (Å²) in [7, 11) is 0. The van der Waals surface area contributed by atoms with E-state index in [9.17, 15) is 0 Å². The van der Waals surface area contributed by atoms with Gasteiger partial charge in [0.15, 0.2) is 0 Å². The quantitative estimate of drug-likeness (QED) is 0.151. The maximum absolute atomic E-state index is 7.58. The summed E-state index contributed by atoms with van der Waals surface area (Å²) < 4.78 is 8.11. The highest BCUT2D eigenvalue weighted by Gasteiger charge is 2.30. The van der Waals surface area contributed by atoms with E-state index in [2.05, 4.69) is 54.3 Å². The van der Waals surface area contributed by atoms with Gasteiger partial charge in [0, 0.05) is 33.4 Å². The summed E-state index contributed by atoms with van der Waals surface area (Å²) in [6.45, 7) is 4.55. The first-order valence-electron chi connectivity index (χ1n) is 11.7. The zero-order chi connectivity index (χ0) is 23.9. The largest absolute Gasteiger partial charge is 0.384 e. The van der Waals surface area contributed by atoms with Gasteiger partial charge >= 0.3 is 0 Å². The predicted octanol–water partition coefficient (Wildman–Crippen LogP) is 9.54. The number of aromatic nitrogens is 1. The maximum Gasteiger partial charge on any atom is 0.122 e. The molecule has 0 fully saturated rings. The van der Waals surface area contributed by atoms with Gasteiger partial charge < -0.3 is 10.3 Å². The molecule has 2 aliphatic heterocycles. The first-order chi connectivity index (χ1) is 16.6. The Hall–Kier alpha value is -0.450. The highest BCUT2D eigenvalue weighted by Crippen LogP contribution is 2.64. The van der Waals surface area contributed by atoms with Crippen LogP contribution in [0.5, 0.6) is 0 Å². The molecule has 182 valence electrons. The Morgan fingerprint density at radius 3 is 1.76 bits per heavy atom. The van der Waals surface area contributed by atoms with Crippen molar-refractivity contribution in [2.24, 2.45) is 5.73 Å². The minimum absolute atomic E-state index is 0.106. The summed E-state index contributed by atoms with van der Waals surface area (Å²) in [5.74, 6) is 2.56. The predicted molar refractivity (Wildman–Crippen MR) is 162 cm³/mol. The fourth-order valence-corrected chi connectivity index (χ4v) is 12.2. The molecule has 3 N–H and O–H groups in total. The molecule has 0 unspecified atom stereocenters. The number of unbranched alkanes of at least 4 members (excludes halogenated alkanes) is 4. The normalized spacial score (nSPS) is 15.5. The van der Waals surface area contributed by atoms with Crippen LogP contribution in [0.4, 0.5) is 0 Å². The molecule has 3 heterocycles. The second-order valence-corrected chi connectivity index (χ2v) is 15.4. The topological polar surface area (TPSA) is 54.8 Å². The number of benzene rings is 1. The Morgan fingerprint density at radius 1 is 0.794 bits per heavy atom. The molecular formula is C25H31N3S6. The summed E-state index contributed by atoms with van der Waals surface area (Å²) in [6, 6.07) is 7.87. The Balaban J connectivity index is 1.42. The van der Waals surface area contributed by atoms with E-state index in [0.29, 0.717) is 0 Å². The molecule has 0 saturated carbocycles. The van der Waals surface area contributed by atoms with E-state index < -0.39 is 0 Å². The lowest BCUT2D eigenvalue weighted by molar-refractivity contribution is 0.779. The third-order valence-corrected chi connectivity index (χ3v) is 14.0. The van der Waals surface area contributed by atoms with Crippen molar-refractivity contribution in [1.82, 2.24) is 4.57 Å². The van der Waals surface area contributed by atoms with Crippen LogP contribution in [0, 0.1) is 5.41 Å². The Kier molecular flexibility index (Phi) is 10.3. The molecule has 1 aromatic heterocycles. The van der Waals surface area contributed by atoms with E-state index in [-0.39, 0.29) is 5.84 Å². The number of fused-ring (bicyclic) bond motifs is 1. The summed E-state index contributed by atoms with van der Waals surface area (Å²) in [5, 5.41) is 7.58. The molecule has 34 heavy (non-hydrogen) atoms. The zero-order valence-corrected chi connectivity index (χ0v) is 24.5. The Bertz CT molecular complexity index is 1020. The van der Waals surface area contributed by atoms with Crippen molar-refractivity contribution in [2.75, 3.05) is 11.5 Å². The molecule has 0 radical (unpaired) electrons. The van der Waals surface area contributed by atoms with E-state index in [1.165, 1.54) is 76.8 Å². The molecule has 0 saturated heterocycles. The first-order valence-corrected chi connectivity index (χ1v) is 16.9. The average Bonchev–Trinajstić information content (AvgIpc) is 3.53. The number of nitrogen functional groups attached to an aromatic ring is 1. The van der Waals surface area contributed by atoms with Crippen LogP contribution in [0.1, 0.15) is 57.9 Å². The van der Waals surface area contributed by atoms with Gasteiger partial charge in [-0.05, 0) is 48.6 Å². The first kappa shape index (κ1) is 26.6. The van der Waals surface area contributed by atoms with Crippen LogP contribution >= 0.6 is 70.6 Å². The second-order valence-electron chi connectivity index (χ2n) is 8.02. The molecule has 0 amide bonds. The van der Waals surface area contributed by atoms with Gasteiger partial charge in [0.25, 0.3) is 0 Å². The third kappa shape index (κ3) is 6.85. The molecule has 0 atom stereocenters. The maximum atomic E-state index is 7.58. The third-order valence-electron chi connectivity index (χ3n) is 5.30. The molecule has 0 spiro atoms. The summed E-state index contributed by atoms with van der Waals surface area (Å²) in [5.41, 5.74) is 7.44. The van der Waals surface area contributed by atoms with Crippen LogP contribution in [-0.2, 0) is 0 Å². The van der Waals surface area contributed by atoms with E-state index in [1.54, 1.807) is 0 Å². The second kappa shape index (κ2) is 13.2. The molecule has 2 aromatic rings. The zero-order valence-electron chi connectivity index (χ0n) is 19.6. The number of thioether (sulfide) groups is 6. The van der Waals surface area contributed by atoms with Gasteiger partial charge in [-0.25, -0.2) is 0 Å². The number of nitrogens with one attached hydrogen (secondary N) is 1. The van der Waals surface area contributed by atoms with Gasteiger partial charge in [-0.1, -0.05) is 86.6 Å². The van der Waals surface area contributed by atoms with Crippen LogP contribution in [0.15, 0.2) is 63.4 Å². The van der Waals surface area contributed by atoms with Gasteiger partial charge in [-0.3, -0.25) is 5.41 Å². The standard InChI is InChI=1S/C25H31N3S6/c1-3-5-7-13-29-22-23(30-14-8-6-4-2)34-25(33-22)24-31-19-15-28(16-20(19)32-24)18-11-9-17(10-12-18)21(26)27/h9-12,15-16H,3-8,13-14H2,1-2H3,(H3,26,27). The fraction of sp³-hybridized carbons (Fsp3) is 0.400. The summed E-state index contributed by atoms with van der Waals surface area (Å²) in [4.78, 5) is 2.65. The van der Waals surface area contributed by atoms with Crippen molar-refractivity contribution in [1.29, 1.82) is 5.41 Å². The van der Waals surface area contributed by atoms with Crippen molar-refractivity contribution in [3.05, 3.63) is 59.2 Å². The van der Waals surface area contributed by atoms with Gasteiger partial charge in [0.1, 0.15) is 5.84 Å². The van der Waals surface area contributed by atoms with Gasteiger partial charge in [-0.15, -0.1) is 23.5 Å². The number of hydrogen-bond donors (Lipinski definition) is 2. The van der Waals surface area contributed by atoms with Crippen molar-refractivity contribution in [2.45, 2.75) is 62.2 Å². The number of hydrogen-bond acceptors (Lipinski definition) is 7.